The summed E-state index contributed by atoms with van der Waals surface area (Å²) < 4.78 is 1.61. The zero-order valence-corrected chi connectivity index (χ0v) is 6.27. The molecule has 0 spiro atoms. The third-order valence-corrected chi connectivity index (χ3v) is 1.44. The van der Waals surface area contributed by atoms with Crippen LogP contribution in [-0.4, -0.2) is 20.9 Å². The molecule has 0 radical (unpaired) electrons. The molecule has 1 atom stereocenters. The highest BCUT2D eigenvalue weighted by atomic mass is 16.4. The van der Waals surface area contributed by atoms with Crippen LogP contribution in [0.1, 0.15) is 6.92 Å². The van der Waals surface area contributed by atoms with Gasteiger partial charge in [-0.15, -0.1) is 0 Å². The van der Waals surface area contributed by atoms with Crippen LogP contribution in [-0.2, 0) is 11.3 Å². The van der Waals surface area contributed by atoms with E-state index in [0.29, 0.717) is 6.54 Å². The lowest BCUT2D eigenvalue weighted by molar-refractivity contribution is -0.141. The second kappa shape index (κ2) is 3.18. The third-order valence-electron chi connectivity index (χ3n) is 1.44. The number of rotatable bonds is 3. The fourth-order valence-corrected chi connectivity index (χ4v) is 0.767. The molecule has 0 saturated heterocycles. The van der Waals surface area contributed by atoms with E-state index in [1.54, 1.807) is 30.1 Å². The number of carboxylic acid groups (broad SMARTS) is 1. The molecule has 0 fully saturated rings. The van der Waals surface area contributed by atoms with E-state index in [9.17, 15) is 4.79 Å². The van der Waals surface area contributed by atoms with Crippen molar-refractivity contribution in [3.63, 3.8) is 0 Å². The van der Waals surface area contributed by atoms with Gasteiger partial charge in [-0.1, -0.05) is 6.92 Å². The Kier molecular flexibility index (Phi) is 2.25. The van der Waals surface area contributed by atoms with E-state index in [4.69, 9.17) is 5.11 Å². The van der Waals surface area contributed by atoms with E-state index < -0.39 is 5.97 Å². The number of carbonyl (C=O) groups is 1. The average Bonchev–Trinajstić information content (AvgIpc) is 2.39. The summed E-state index contributed by atoms with van der Waals surface area (Å²) >= 11 is 0. The molecule has 11 heavy (non-hydrogen) atoms. The number of aliphatic carboxylic acids is 1. The number of hydrogen-bond acceptors (Lipinski definition) is 2. The Hall–Kier alpha value is -1.32. The van der Waals surface area contributed by atoms with Crippen molar-refractivity contribution in [1.82, 2.24) is 9.78 Å². The number of hydrogen-bond donors (Lipinski definition) is 1. The Morgan fingerprint density at radius 1 is 1.82 bits per heavy atom. The summed E-state index contributed by atoms with van der Waals surface area (Å²) in [6.07, 6.45) is 3.38. The lowest BCUT2D eigenvalue weighted by Crippen LogP contribution is -2.16. The van der Waals surface area contributed by atoms with Crippen molar-refractivity contribution in [3.8, 4) is 0 Å². The first kappa shape index (κ1) is 7.78. The Balaban J connectivity index is 2.50. The second-order valence-electron chi connectivity index (χ2n) is 2.47. The minimum Gasteiger partial charge on any atom is -0.481 e. The van der Waals surface area contributed by atoms with Gasteiger partial charge in [0.15, 0.2) is 0 Å². The normalized spacial score (nSPS) is 12.8. The standard InChI is InChI=1S/C7H10N2O2/c1-6(7(10)11)5-9-4-2-3-8-9/h2-4,6H,5H2,1H3,(H,10,11)/t6-/m1/s1. The van der Waals surface area contributed by atoms with E-state index in [1.807, 2.05) is 0 Å². The van der Waals surface area contributed by atoms with Crippen LogP contribution >= 0.6 is 0 Å². The molecule has 0 aromatic carbocycles. The van der Waals surface area contributed by atoms with E-state index in [2.05, 4.69) is 5.10 Å². The highest BCUT2D eigenvalue weighted by molar-refractivity contribution is 5.69. The highest BCUT2D eigenvalue weighted by Crippen LogP contribution is 1.98. The van der Waals surface area contributed by atoms with Gasteiger partial charge in [0.05, 0.1) is 12.5 Å². The number of nitrogens with zero attached hydrogens (tertiary/aromatic N) is 2. The monoisotopic (exact) mass is 154 g/mol. The number of carboxylic acids is 1. The van der Waals surface area contributed by atoms with E-state index >= 15 is 0 Å². The predicted octanol–water partition coefficient (Wildman–Crippen LogP) is 0.604. The third kappa shape index (κ3) is 2.07. The summed E-state index contributed by atoms with van der Waals surface area (Å²) in [7, 11) is 0. The largest absolute Gasteiger partial charge is 0.481 e. The van der Waals surface area contributed by atoms with E-state index in [0.717, 1.165) is 0 Å². The second-order valence-corrected chi connectivity index (χ2v) is 2.47. The highest BCUT2D eigenvalue weighted by Gasteiger charge is 2.10. The molecule has 0 aliphatic rings. The SMILES string of the molecule is C[C@H](Cn1cccn1)C(=O)O. The summed E-state index contributed by atoms with van der Waals surface area (Å²) in [4.78, 5) is 10.4. The minimum atomic E-state index is -0.791. The molecule has 4 nitrogen and oxygen atoms in total. The van der Waals surface area contributed by atoms with Gasteiger partial charge >= 0.3 is 5.97 Å². The molecule has 0 amide bonds. The zero-order chi connectivity index (χ0) is 8.27. The topological polar surface area (TPSA) is 55.1 Å². The van der Waals surface area contributed by atoms with Crippen molar-refractivity contribution < 1.29 is 9.90 Å². The van der Waals surface area contributed by atoms with Gasteiger partial charge in [-0.05, 0) is 6.07 Å². The van der Waals surface area contributed by atoms with Crippen molar-refractivity contribution in [2.45, 2.75) is 13.5 Å². The van der Waals surface area contributed by atoms with Crippen LogP contribution in [0.15, 0.2) is 18.5 Å². The number of aromatic nitrogens is 2. The van der Waals surface area contributed by atoms with Crippen molar-refractivity contribution in [3.05, 3.63) is 18.5 Å². The molecule has 1 rings (SSSR count). The van der Waals surface area contributed by atoms with Gasteiger partial charge < -0.3 is 5.11 Å². The molecule has 1 heterocycles. The van der Waals surface area contributed by atoms with Gasteiger partial charge in [-0.2, -0.15) is 5.10 Å². The van der Waals surface area contributed by atoms with E-state index in [-0.39, 0.29) is 5.92 Å². The van der Waals surface area contributed by atoms with Gasteiger partial charge in [-0.25, -0.2) is 0 Å². The molecule has 4 heteroatoms. The molecule has 60 valence electrons. The Bertz CT molecular complexity index is 231. The van der Waals surface area contributed by atoms with Gasteiger partial charge in [0, 0.05) is 12.4 Å². The van der Waals surface area contributed by atoms with Crippen LogP contribution in [0.4, 0.5) is 0 Å². The van der Waals surface area contributed by atoms with Crippen LogP contribution in [0.2, 0.25) is 0 Å². The molecule has 0 aliphatic heterocycles. The molecule has 1 aromatic heterocycles. The fourth-order valence-electron chi connectivity index (χ4n) is 0.767. The van der Waals surface area contributed by atoms with Crippen LogP contribution in [0.5, 0.6) is 0 Å². The van der Waals surface area contributed by atoms with Crippen molar-refractivity contribution >= 4 is 5.97 Å². The Labute approximate surface area is 64.5 Å². The first-order valence-electron chi connectivity index (χ1n) is 3.40. The van der Waals surface area contributed by atoms with Gasteiger partial charge in [-0.3, -0.25) is 9.48 Å². The summed E-state index contributed by atoms with van der Waals surface area (Å²) in [6.45, 7) is 2.09. The van der Waals surface area contributed by atoms with Crippen LogP contribution in [0.25, 0.3) is 0 Å². The van der Waals surface area contributed by atoms with Crippen molar-refractivity contribution in [1.29, 1.82) is 0 Å². The zero-order valence-electron chi connectivity index (χ0n) is 6.27. The maximum Gasteiger partial charge on any atom is 0.308 e. The molecule has 0 bridgehead atoms. The van der Waals surface area contributed by atoms with Crippen LogP contribution < -0.4 is 0 Å². The molecule has 1 N–H and O–H groups in total. The molecule has 0 aliphatic carbocycles. The molecular formula is C7H10N2O2. The molecule has 0 saturated carbocycles. The van der Waals surface area contributed by atoms with E-state index in [1.165, 1.54) is 0 Å². The quantitative estimate of drug-likeness (QED) is 0.693. The lowest BCUT2D eigenvalue weighted by atomic mass is 10.2. The smallest absolute Gasteiger partial charge is 0.308 e. The average molecular weight is 154 g/mol. The summed E-state index contributed by atoms with van der Waals surface area (Å²) in [5, 5.41) is 12.4. The van der Waals surface area contributed by atoms with Gasteiger partial charge in [0.25, 0.3) is 0 Å². The maximum atomic E-state index is 10.4. The summed E-state index contributed by atoms with van der Waals surface area (Å²) in [5.41, 5.74) is 0. The first-order chi connectivity index (χ1) is 5.20. The molecular weight excluding hydrogens is 144 g/mol. The lowest BCUT2D eigenvalue weighted by Gasteiger charge is -2.04. The fraction of sp³-hybridized carbons (Fsp3) is 0.429. The predicted molar refractivity (Wildman–Crippen MR) is 39.0 cm³/mol. The summed E-state index contributed by atoms with van der Waals surface area (Å²) in [6, 6.07) is 1.77. The minimum absolute atomic E-state index is 0.380. The Morgan fingerprint density at radius 3 is 3.00 bits per heavy atom. The van der Waals surface area contributed by atoms with Crippen molar-refractivity contribution in [2.24, 2.45) is 5.92 Å². The molecule has 1 aromatic rings. The summed E-state index contributed by atoms with van der Waals surface area (Å²) in [5.74, 6) is -1.17. The molecule has 0 unspecified atom stereocenters. The maximum absolute atomic E-state index is 10.4. The van der Waals surface area contributed by atoms with Gasteiger partial charge in [0.1, 0.15) is 0 Å². The first-order valence-corrected chi connectivity index (χ1v) is 3.40. The van der Waals surface area contributed by atoms with Crippen LogP contribution in [0.3, 0.4) is 0 Å². The van der Waals surface area contributed by atoms with Crippen molar-refractivity contribution in [2.75, 3.05) is 0 Å². The van der Waals surface area contributed by atoms with Gasteiger partial charge in [0.2, 0.25) is 0 Å². The Morgan fingerprint density at radius 2 is 2.55 bits per heavy atom. The van der Waals surface area contributed by atoms with Crippen LogP contribution in [0, 0.1) is 5.92 Å².